The Hall–Kier alpha value is -4.72. The quantitative estimate of drug-likeness (QED) is 0.192. The highest BCUT2D eigenvalue weighted by Crippen LogP contribution is 2.28. The molecular weight excluding hydrogens is 558 g/mol. The van der Waals surface area contributed by atoms with Gasteiger partial charge in [0.05, 0.1) is 23.1 Å². The van der Waals surface area contributed by atoms with Gasteiger partial charge in [-0.05, 0) is 53.9 Å². The van der Waals surface area contributed by atoms with Crippen molar-refractivity contribution in [3.8, 4) is 5.75 Å². The van der Waals surface area contributed by atoms with E-state index in [1.165, 1.54) is 56.0 Å². The first-order valence-corrected chi connectivity index (χ1v) is 14.3. The van der Waals surface area contributed by atoms with Gasteiger partial charge in [0.25, 0.3) is 0 Å². The lowest BCUT2D eigenvalue weighted by atomic mass is 10.0. The Kier molecular flexibility index (Phi) is 8.81. The molecule has 3 N–H and O–H groups in total. The fraction of sp³-hybridized carbons (Fsp3) is 0.100. The number of ether oxygens (including phenoxy) is 1. The summed E-state index contributed by atoms with van der Waals surface area (Å²) in [6, 6.07) is 26.1. The minimum absolute atomic E-state index is 0.0427. The summed E-state index contributed by atoms with van der Waals surface area (Å²) in [7, 11) is -2.68. The largest absolute Gasteiger partial charge is 0.497 e. The number of sulfone groups is 1. The van der Waals surface area contributed by atoms with Gasteiger partial charge in [0.1, 0.15) is 5.75 Å². The van der Waals surface area contributed by atoms with Crippen LogP contribution in [-0.4, -0.2) is 42.0 Å². The van der Waals surface area contributed by atoms with E-state index in [2.05, 4.69) is 15.4 Å². The number of pyridine rings is 2. The molecule has 42 heavy (non-hydrogen) atoms. The summed E-state index contributed by atoms with van der Waals surface area (Å²) in [5, 5.41) is 9.38. The van der Waals surface area contributed by atoms with Gasteiger partial charge in [-0.1, -0.05) is 60.2 Å². The topological polar surface area (TPSA) is 143 Å². The zero-order valence-corrected chi connectivity index (χ0v) is 23.2. The number of nitrogens with zero attached hydrogens (tertiary/aromatic N) is 3. The van der Waals surface area contributed by atoms with Crippen LogP contribution in [0.3, 0.4) is 0 Å². The number of aromatic nitrogens is 2. The molecule has 3 aromatic carbocycles. The van der Waals surface area contributed by atoms with E-state index in [0.29, 0.717) is 22.8 Å². The van der Waals surface area contributed by atoms with Gasteiger partial charge < -0.3 is 9.57 Å². The molecule has 2 aromatic heterocycles. The van der Waals surface area contributed by atoms with Crippen LogP contribution in [0.5, 0.6) is 5.75 Å². The summed E-state index contributed by atoms with van der Waals surface area (Å²) in [5.41, 5.74) is 7.33. The molecule has 12 heteroatoms. The Balaban J connectivity index is 1.38. The van der Waals surface area contributed by atoms with Crippen LogP contribution >= 0.6 is 0 Å². The van der Waals surface area contributed by atoms with Crippen LogP contribution in [0.2, 0.25) is 0 Å². The first-order valence-electron chi connectivity index (χ1n) is 12.8. The Labute approximate surface area is 242 Å². The number of rotatable bonds is 11. The van der Waals surface area contributed by atoms with Gasteiger partial charge in [0.2, 0.25) is 0 Å². The monoisotopic (exact) mass is 585 g/mol. The molecule has 5 aromatic rings. The third-order valence-corrected chi connectivity index (χ3v) is 8.38. The summed E-state index contributed by atoms with van der Waals surface area (Å²) >= 11 is 0. The number of hydrazine groups is 2. The second-order valence-corrected chi connectivity index (χ2v) is 11.2. The van der Waals surface area contributed by atoms with Crippen molar-refractivity contribution in [2.24, 2.45) is 0 Å². The third kappa shape index (κ3) is 6.43. The SMILES string of the molecule is COc1ccc(S(=O)(=O)C(NN(NO)OC(=O)c2cnc3c(Cc4ccccc4)cccc3c2)c2cccnc2)cc1. The highest BCUT2D eigenvalue weighted by molar-refractivity contribution is 7.91. The predicted octanol–water partition coefficient (Wildman–Crippen LogP) is 4.17. The maximum Gasteiger partial charge on any atom is 0.361 e. The molecule has 0 fully saturated rings. The maximum absolute atomic E-state index is 13.6. The van der Waals surface area contributed by atoms with E-state index >= 15 is 0 Å². The standard InChI is InChI=1S/C30H27N5O6S/c1-40-26-12-14-27(15-13-26)42(38,39)29(24-11-6-16-31-19-24)33-35(34-37)41-30(36)25-18-23-10-5-9-22(28(23)32-20-25)17-21-7-3-2-4-8-21/h2-16,18-20,29,33-34,37H,17H2,1H3. The van der Waals surface area contributed by atoms with Gasteiger partial charge in [-0.2, -0.15) is 5.43 Å². The minimum atomic E-state index is -4.15. The van der Waals surface area contributed by atoms with Gasteiger partial charge in [-0.3, -0.25) is 15.2 Å². The normalized spacial score (nSPS) is 12.3. The average Bonchev–Trinajstić information content (AvgIpc) is 3.03. The predicted molar refractivity (Wildman–Crippen MR) is 153 cm³/mol. The van der Waals surface area contributed by atoms with Crippen molar-refractivity contribution in [1.82, 2.24) is 26.3 Å². The molecule has 0 bridgehead atoms. The van der Waals surface area contributed by atoms with E-state index in [1.807, 2.05) is 48.5 Å². The number of nitrogens with one attached hydrogen (secondary N) is 2. The molecule has 214 valence electrons. The molecule has 0 radical (unpaired) electrons. The highest BCUT2D eigenvalue weighted by atomic mass is 32.2. The van der Waals surface area contributed by atoms with Gasteiger partial charge >= 0.3 is 5.97 Å². The van der Waals surface area contributed by atoms with E-state index in [1.54, 1.807) is 17.7 Å². The van der Waals surface area contributed by atoms with E-state index in [4.69, 9.17) is 9.57 Å². The fourth-order valence-electron chi connectivity index (χ4n) is 4.37. The zero-order chi connectivity index (χ0) is 29.5. The van der Waals surface area contributed by atoms with Gasteiger partial charge in [0.15, 0.2) is 15.2 Å². The minimum Gasteiger partial charge on any atom is -0.497 e. The molecule has 0 aliphatic carbocycles. The van der Waals surface area contributed by atoms with Gasteiger partial charge in [0, 0.05) is 34.8 Å². The van der Waals surface area contributed by atoms with Crippen molar-refractivity contribution in [2.75, 3.05) is 7.11 Å². The fourth-order valence-corrected chi connectivity index (χ4v) is 5.89. The summed E-state index contributed by atoms with van der Waals surface area (Å²) in [6.07, 6.45) is 4.86. The number of para-hydroxylation sites is 1. The van der Waals surface area contributed by atoms with Crippen molar-refractivity contribution in [1.29, 1.82) is 0 Å². The van der Waals surface area contributed by atoms with Crippen LogP contribution in [0.15, 0.2) is 114 Å². The lowest BCUT2D eigenvalue weighted by Crippen LogP contribution is -2.50. The summed E-state index contributed by atoms with van der Waals surface area (Å²) in [6.45, 7) is 0. The van der Waals surface area contributed by atoms with Gasteiger partial charge in [-0.15, -0.1) is 0 Å². The van der Waals surface area contributed by atoms with Crippen LogP contribution in [0.1, 0.15) is 32.4 Å². The smallest absolute Gasteiger partial charge is 0.361 e. The molecule has 0 saturated carbocycles. The number of hydrogen-bond acceptors (Lipinski definition) is 11. The summed E-state index contributed by atoms with van der Waals surface area (Å²) in [5.74, 6) is -0.428. The Morgan fingerprint density at radius 3 is 2.45 bits per heavy atom. The number of methoxy groups -OCH3 is 1. The molecular formula is C30H27N5O6S. The van der Waals surface area contributed by atoms with Crippen LogP contribution in [0, 0.1) is 0 Å². The van der Waals surface area contributed by atoms with E-state index in [-0.39, 0.29) is 16.0 Å². The number of carbonyl (C=O) groups is 1. The number of benzene rings is 3. The van der Waals surface area contributed by atoms with Crippen molar-refractivity contribution >= 4 is 26.7 Å². The second-order valence-electron chi connectivity index (χ2n) is 9.16. The molecule has 1 unspecified atom stereocenters. The molecule has 0 aliphatic heterocycles. The Bertz CT molecular complexity index is 1770. The number of fused-ring (bicyclic) bond motifs is 1. The highest BCUT2D eigenvalue weighted by Gasteiger charge is 2.32. The van der Waals surface area contributed by atoms with Crippen LogP contribution < -0.4 is 15.8 Å². The van der Waals surface area contributed by atoms with Crippen molar-refractivity contribution in [3.63, 3.8) is 0 Å². The average molecular weight is 586 g/mol. The molecule has 0 saturated heterocycles. The first kappa shape index (κ1) is 28.8. The molecule has 0 amide bonds. The zero-order valence-electron chi connectivity index (χ0n) is 22.4. The summed E-state index contributed by atoms with van der Waals surface area (Å²) < 4.78 is 32.4. The Morgan fingerprint density at radius 1 is 0.976 bits per heavy atom. The number of hydrogen-bond donors (Lipinski definition) is 3. The van der Waals surface area contributed by atoms with E-state index in [9.17, 15) is 18.4 Å². The molecule has 2 heterocycles. The maximum atomic E-state index is 13.6. The van der Waals surface area contributed by atoms with Crippen LogP contribution in [0.4, 0.5) is 0 Å². The number of carbonyl (C=O) groups excluding carboxylic acids is 1. The third-order valence-electron chi connectivity index (χ3n) is 6.45. The molecule has 0 aliphatic rings. The Morgan fingerprint density at radius 2 is 1.76 bits per heavy atom. The van der Waals surface area contributed by atoms with Crippen molar-refractivity contribution < 1.29 is 28.0 Å². The molecule has 11 nitrogen and oxygen atoms in total. The van der Waals surface area contributed by atoms with Crippen LogP contribution in [-0.2, 0) is 21.1 Å². The van der Waals surface area contributed by atoms with Crippen LogP contribution in [0.25, 0.3) is 10.9 Å². The molecule has 5 rings (SSSR count). The van der Waals surface area contributed by atoms with E-state index < -0.39 is 21.2 Å². The molecule has 0 spiro atoms. The van der Waals surface area contributed by atoms with Crippen molar-refractivity contribution in [2.45, 2.75) is 16.7 Å². The van der Waals surface area contributed by atoms with Gasteiger partial charge in [-0.25, -0.2) is 13.2 Å². The lowest BCUT2D eigenvalue weighted by Gasteiger charge is -2.25. The second kappa shape index (κ2) is 12.9. The summed E-state index contributed by atoms with van der Waals surface area (Å²) in [4.78, 5) is 26.8. The van der Waals surface area contributed by atoms with E-state index in [0.717, 1.165) is 16.6 Å². The lowest BCUT2D eigenvalue weighted by molar-refractivity contribution is -0.252. The first-order chi connectivity index (χ1) is 20.4. The van der Waals surface area contributed by atoms with Crippen molar-refractivity contribution in [3.05, 3.63) is 132 Å². The molecule has 1 atom stereocenters.